The van der Waals surface area contributed by atoms with Gasteiger partial charge in [-0.15, -0.1) is 0 Å². The normalized spacial score (nSPS) is 12.0. The molecule has 0 saturated carbocycles. The van der Waals surface area contributed by atoms with Gasteiger partial charge in [-0.2, -0.15) is 0 Å². The van der Waals surface area contributed by atoms with Crippen LogP contribution in [0.2, 0.25) is 10.0 Å². The van der Waals surface area contributed by atoms with E-state index in [2.05, 4.69) is 0 Å². The summed E-state index contributed by atoms with van der Waals surface area (Å²) in [7, 11) is 0. The molecule has 0 bridgehead atoms. The van der Waals surface area contributed by atoms with Crippen molar-refractivity contribution in [1.29, 1.82) is 0 Å². The monoisotopic (exact) mass is 330 g/mol. The molecule has 112 valence electrons. The fourth-order valence-corrected chi connectivity index (χ4v) is 1.83. The van der Waals surface area contributed by atoms with E-state index >= 15 is 0 Å². The molecule has 0 aliphatic heterocycles. The Kier molecular flexibility index (Phi) is 6.20. The molecule has 0 saturated heterocycles. The zero-order valence-corrected chi connectivity index (χ0v) is 12.4. The second-order valence-electron chi connectivity index (χ2n) is 3.90. The highest BCUT2D eigenvalue weighted by Crippen LogP contribution is 2.25. The van der Waals surface area contributed by atoms with E-state index in [1.165, 1.54) is 13.0 Å². The van der Waals surface area contributed by atoms with Gasteiger partial charge in [0.25, 0.3) is 5.91 Å². The molecule has 1 atom stereocenters. The molecule has 0 radical (unpaired) electrons. The molecule has 6 nitrogen and oxygen atoms in total. The Bertz CT molecular complexity index is 582. The molecule has 1 aromatic rings. The van der Waals surface area contributed by atoms with Crippen LogP contribution in [-0.4, -0.2) is 24.0 Å². The first kappa shape index (κ1) is 17.0. The van der Waals surface area contributed by atoms with Gasteiger partial charge in [-0.3, -0.25) is 10.1 Å². The lowest BCUT2D eigenvalue weighted by Gasteiger charge is -2.10. The van der Waals surface area contributed by atoms with Gasteiger partial charge in [0.05, 0.1) is 0 Å². The maximum absolute atomic E-state index is 11.5. The van der Waals surface area contributed by atoms with Gasteiger partial charge in [0.2, 0.25) is 0 Å². The number of carbonyl (C=O) groups excluding carboxylic acids is 3. The maximum Gasteiger partial charge on any atom is 0.331 e. The summed E-state index contributed by atoms with van der Waals surface area (Å²) in [6, 6.07) is 3.86. The fourth-order valence-electron chi connectivity index (χ4n) is 1.31. The standard InChI is InChI=1S/C13H12Cl2N2O4/c1-7(12(19)17-13(16)20)21-11(18)6-5-8-9(14)3-2-4-10(8)15/h2-7H,1H3,(H3,16,17,19,20)/b6-5+/t7-/m1/s1. The number of imide groups is 1. The van der Waals surface area contributed by atoms with Crippen LogP contribution >= 0.6 is 23.2 Å². The fraction of sp³-hybridized carbons (Fsp3) is 0.154. The number of benzene rings is 1. The number of esters is 1. The number of rotatable bonds is 4. The summed E-state index contributed by atoms with van der Waals surface area (Å²) in [5.41, 5.74) is 5.23. The third-order valence-corrected chi connectivity index (χ3v) is 2.95. The van der Waals surface area contributed by atoms with E-state index in [0.29, 0.717) is 15.6 Å². The zero-order chi connectivity index (χ0) is 16.0. The highest BCUT2D eigenvalue weighted by atomic mass is 35.5. The first-order valence-corrected chi connectivity index (χ1v) is 6.50. The van der Waals surface area contributed by atoms with E-state index < -0.39 is 24.0 Å². The number of carbonyl (C=O) groups is 3. The van der Waals surface area contributed by atoms with E-state index in [1.54, 1.807) is 23.5 Å². The van der Waals surface area contributed by atoms with Gasteiger partial charge in [-0.25, -0.2) is 9.59 Å². The van der Waals surface area contributed by atoms with Gasteiger partial charge in [0, 0.05) is 21.7 Å². The Morgan fingerprint density at radius 2 is 1.86 bits per heavy atom. The second-order valence-corrected chi connectivity index (χ2v) is 4.72. The van der Waals surface area contributed by atoms with Crippen LogP contribution < -0.4 is 11.1 Å². The van der Waals surface area contributed by atoms with Crippen LogP contribution in [0.4, 0.5) is 4.79 Å². The van der Waals surface area contributed by atoms with E-state index in [1.807, 2.05) is 0 Å². The number of ether oxygens (including phenoxy) is 1. The second kappa shape index (κ2) is 7.66. The number of nitrogens with two attached hydrogens (primary N) is 1. The first-order chi connectivity index (χ1) is 9.81. The van der Waals surface area contributed by atoms with E-state index in [-0.39, 0.29) is 0 Å². The third kappa shape index (κ3) is 5.45. The Labute approximate surface area is 130 Å². The Morgan fingerprint density at radius 1 is 1.29 bits per heavy atom. The van der Waals surface area contributed by atoms with Gasteiger partial charge < -0.3 is 10.5 Å². The van der Waals surface area contributed by atoms with Gasteiger partial charge in [0.1, 0.15) is 0 Å². The summed E-state index contributed by atoms with van der Waals surface area (Å²) in [6.45, 7) is 1.30. The number of nitrogens with one attached hydrogen (secondary N) is 1. The number of primary amides is 1. The molecule has 0 aromatic heterocycles. The summed E-state index contributed by atoms with van der Waals surface area (Å²) in [5.74, 6) is -1.61. The number of hydrogen-bond acceptors (Lipinski definition) is 4. The molecular formula is C13H12Cl2N2O4. The molecule has 1 rings (SSSR count). The van der Waals surface area contributed by atoms with Crippen LogP contribution in [0.5, 0.6) is 0 Å². The van der Waals surface area contributed by atoms with Crippen LogP contribution in [-0.2, 0) is 14.3 Å². The summed E-state index contributed by atoms with van der Waals surface area (Å²) in [5, 5.41) is 2.53. The SMILES string of the molecule is C[C@@H](OC(=O)/C=C/c1c(Cl)cccc1Cl)C(=O)NC(N)=O. The smallest absolute Gasteiger partial charge is 0.331 e. The lowest BCUT2D eigenvalue weighted by atomic mass is 10.2. The number of hydrogen-bond donors (Lipinski definition) is 2. The summed E-state index contributed by atoms with van der Waals surface area (Å²) in [6.07, 6.45) is 1.27. The predicted octanol–water partition coefficient (Wildman–Crippen LogP) is 2.13. The van der Waals surface area contributed by atoms with Gasteiger partial charge >= 0.3 is 12.0 Å². The van der Waals surface area contributed by atoms with Gasteiger partial charge in [0.15, 0.2) is 6.10 Å². The molecule has 0 heterocycles. The van der Waals surface area contributed by atoms with Crippen LogP contribution in [0, 0.1) is 0 Å². The molecule has 1 aromatic carbocycles. The highest BCUT2D eigenvalue weighted by molar-refractivity contribution is 6.37. The summed E-state index contributed by atoms with van der Waals surface area (Å²) >= 11 is 11.8. The maximum atomic E-state index is 11.5. The Hall–Kier alpha value is -2.05. The molecule has 0 aliphatic carbocycles. The van der Waals surface area contributed by atoms with Crippen molar-refractivity contribution in [3.05, 3.63) is 39.9 Å². The van der Waals surface area contributed by atoms with Crippen molar-refractivity contribution >= 4 is 47.2 Å². The van der Waals surface area contributed by atoms with Crippen molar-refractivity contribution in [2.45, 2.75) is 13.0 Å². The average molecular weight is 331 g/mol. The van der Waals surface area contributed by atoms with E-state index in [9.17, 15) is 14.4 Å². The molecule has 0 fully saturated rings. The molecule has 0 spiro atoms. The topological polar surface area (TPSA) is 98.5 Å². The van der Waals surface area contributed by atoms with Crippen molar-refractivity contribution in [2.75, 3.05) is 0 Å². The lowest BCUT2D eigenvalue weighted by molar-refractivity contribution is -0.149. The minimum Gasteiger partial charge on any atom is -0.449 e. The lowest BCUT2D eigenvalue weighted by Crippen LogP contribution is -2.42. The molecule has 0 unspecified atom stereocenters. The van der Waals surface area contributed by atoms with Crippen LogP contribution in [0.15, 0.2) is 24.3 Å². The molecule has 3 amide bonds. The quantitative estimate of drug-likeness (QED) is 0.652. The third-order valence-electron chi connectivity index (χ3n) is 2.29. The van der Waals surface area contributed by atoms with Crippen LogP contribution in [0.1, 0.15) is 12.5 Å². The van der Waals surface area contributed by atoms with E-state index in [0.717, 1.165) is 6.08 Å². The van der Waals surface area contributed by atoms with Crippen LogP contribution in [0.3, 0.4) is 0 Å². The molecule has 0 aliphatic rings. The Morgan fingerprint density at radius 3 is 2.38 bits per heavy atom. The number of urea groups is 1. The Balaban J connectivity index is 2.67. The minimum absolute atomic E-state index is 0.367. The minimum atomic E-state index is -1.17. The molecule has 8 heteroatoms. The van der Waals surface area contributed by atoms with Crippen molar-refractivity contribution in [3.8, 4) is 0 Å². The number of halogens is 2. The summed E-state index contributed by atoms with van der Waals surface area (Å²) in [4.78, 5) is 33.4. The average Bonchev–Trinajstić information content (AvgIpc) is 2.37. The van der Waals surface area contributed by atoms with Crippen molar-refractivity contribution in [1.82, 2.24) is 5.32 Å². The molecule has 3 N–H and O–H groups in total. The van der Waals surface area contributed by atoms with Crippen molar-refractivity contribution in [3.63, 3.8) is 0 Å². The van der Waals surface area contributed by atoms with Gasteiger partial charge in [-0.05, 0) is 25.1 Å². The summed E-state index contributed by atoms with van der Waals surface area (Å²) < 4.78 is 4.78. The first-order valence-electron chi connectivity index (χ1n) is 5.74. The van der Waals surface area contributed by atoms with Gasteiger partial charge in [-0.1, -0.05) is 29.3 Å². The van der Waals surface area contributed by atoms with Crippen molar-refractivity contribution in [2.24, 2.45) is 5.73 Å². The van der Waals surface area contributed by atoms with Crippen molar-refractivity contribution < 1.29 is 19.1 Å². The van der Waals surface area contributed by atoms with E-state index in [4.69, 9.17) is 33.7 Å². The molecular weight excluding hydrogens is 319 g/mol. The van der Waals surface area contributed by atoms with Crippen LogP contribution in [0.25, 0.3) is 6.08 Å². The molecule has 21 heavy (non-hydrogen) atoms. The zero-order valence-electron chi connectivity index (χ0n) is 10.9. The predicted molar refractivity (Wildman–Crippen MR) is 78.8 cm³/mol. The highest BCUT2D eigenvalue weighted by Gasteiger charge is 2.17. The largest absolute Gasteiger partial charge is 0.449 e. The number of amides is 3.